The average molecular weight is 449 g/mol. The fraction of sp³-hybridized carbons (Fsp3) is 0.480. The van der Waals surface area contributed by atoms with Crippen LogP contribution in [0.4, 0.5) is 0 Å². The van der Waals surface area contributed by atoms with Gasteiger partial charge in [0.15, 0.2) is 5.79 Å². The predicted molar refractivity (Wildman–Crippen MR) is 120 cm³/mol. The molecule has 33 heavy (non-hydrogen) atoms. The molecule has 8 nitrogen and oxygen atoms in total. The Kier molecular flexibility index (Phi) is 5.27. The summed E-state index contributed by atoms with van der Waals surface area (Å²) in [6.07, 6.45) is 7.12. The molecule has 1 aliphatic carbocycles. The van der Waals surface area contributed by atoms with Gasteiger partial charge < -0.3 is 18.9 Å². The molecule has 3 aromatic rings. The number of aromatic nitrogens is 4. The Hall–Kier alpha value is -2.97. The molecule has 0 unspecified atom stereocenters. The third kappa shape index (κ3) is 3.87. The molecule has 2 aromatic heterocycles. The van der Waals surface area contributed by atoms with Crippen molar-refractivity contribution in [2.75, 3.05) is 20.3 Å². The summed E-state index contributed by atoms with van der Waals surface area (Å²) in [4.78, 5) is 4.30. The van der Waals surface area contributed by atoms with Crippen LogP contribution < -0.4 is 9.47 Å². The highest BCUT2D eigenvalue weighted by atomic mass is 16.7. The van der Waals surface area contributed by atoms with Gasteiger partial charge in [-0.1, -0.05) is 6.07 Å². The van der Waals surface area contributed by atoms with E-state index in [-0.39, 0.29) is 6.10 Å². The van der Waals surface area contributed by atoms with Crippen molar-refractivity contribution < 1.29 is 18.9 Å². The lowest BCUT2D eigenvalue weighted by atomic mass is 9.86. The maximum absolute atomic E-state index is 6.11. The number of ether oxygens (including phenoxy) is 4. The SMILES string of the molecule is COc1ccc2c(c1)CC1(Cc3nnc(C4CCC(Oc5ccccn5)CC4)n3-2)OCCO1. The summed E-state index contributed by atoms with van der Waals surface area (Å²) in [5, 5.41) is 9.31. The summed E-state index contributed by atoms with van der Waals surface area (Å²) in [7, 11) is 1.69. The smallest absolute Gasteiger partial charge is 0.213 e. The van der Waals surface area contributed by atoms with Crippen LogP contribution in [0.15, 0.2) is 42.6 Å². The number of rotatable bonds is 4. The van der Waals surface area contributed by atoms with Crippen molar-refractivity contribution >= 4 is 0 Å². The lowest BCUT2D eigenvalue weighted by Crippen LogP contribution is -2.35. The fourth-order valence-electron chi connectivity index (χ4n) is 5.34. The Morgan fingerprint density at radius 1 is 1.00 bits per heavy atom. The number of hydrogen-bond donors (Lipinski definition) is 0. The third-order valence-electron chi connectivity index (χ3n) is 6.95. The van der Waals surface area contributed by atoms with Crippen molar-refractivity contribution in [3.63, 3.8) is 0 Å². The van der Waals surface area contributed by atoms with Crippen LogP contribution in [0.5, 0.6) is 11.6 Å². The standard InChI is InChI=1S/C25H28N4O4/c1-30-20-9-10-21-18(14-20)15-25(31-12-13-32-25)16-22-27-28-24(29(21)22)17-5-7-19(8-6-17)33-23-4-2-3-11-26-23/h2-4,9-11,14,17,19H,5-8,12-13,15-16H2,1H3. The first-order valence-electron chi connectivity index (χ1n) is 11.7. The second kappa shape index (κ2) is 8.43. The van der Waals surface area contributed by atoms with Crippen LogP contribution in [-0.2, 0) is 22.3 Å². The highest BCUT2D eigenvalue weighted by Crippen LogP contribution is 2.40. The van der Waals surface area contributed by atoms with Gasteiger partial charge in [-0.2, -0.15) is 0 Å². The van der Waals surface area contributed by atoms with Crippen LogP contribution in [0.2, 0.25) is 0 Å². The second-order valence-corrected chi connectivity index (χ2v) is 9.03. The van der Waals surface area contributed by atoms with Gasteiger partial charge in [-0.25, -0.2) is 4.98 Å². The van der Waals surface area contributed by atoms with E-state index in [0.29, 0.717) is 37.9 Å². The minimum Gasteiger partial charge on any atom is -0.497 e. The summed E-state index contributed by atoms with van der Waals surface area (Å²) in [6.45, 7) is 1.20. The van der Waals surface area contributed by atoms with Gasteiger partial charge in [-0.3, -0.25) is 4.57 Å². The molecule has 2 aliphatic heterocycles. The largest absolute Gasteiger partial charge is 0.497 e. The normalized spacial score (nSPS) is 23.5. The highest BCUT2D eigenvalue weighted by molar-refractivity contribution is 5.49. The minimum absolute atomic E-state index is 0.183. The van der Waals surface area contributed by atoms with Gasteiger partial charge in [-0.15, -0.1) is 10.2 Å². The van der Waals surface area contributed by atoms with Gasteiger partial charge >= 0.3 is 0 Å². The van der Waals surface area contributed by atoms with Crippen molar-refractivity contribution in [2.45, 2.75) is 56.3 Å². The van der Waals surface area contributed by atoms with Crippen LogP contribution in [0.3, 0.4) is 0 Å². The zero-order valence-electron chi connectivity index (χ0n) is 18.8. The molecule has 0 N–H and O–H groups in total. The van der Waals surface area contributed by atoms with Crippen molar-refractivity contribution in [2.24, 2.45) is 0 Å². The second-order valence-electron chi connectivity index (χ2n) is 9.03. The molecule has 0 bridgehead atoms. The molecular weight excluding hydrogens is 420 g/mol. The van der Waals surface area contributed by atoms with Gasteiger partial charge in [0.05, 0.1) is 32.4 Å². The van der Waals surface area contributed by atoms with E-state index in [0.717, 1.165) is 54.3 Å². The average Bonchev–Trinajstić information content (AvgIpc) is 3.44. The molecule has 1 spiro atoms. The number of benzene rings is 1. The molecule has 2 fully saturated rings. The van der Waals surface area contributed by atoms with Crippen LogP contribution in [0.1, 0.15) is 48.8 Å². The molecule has 0 atom stereocenters. The topological polar surface area (TPSA) is 80.5 Å². The summed E-state index contributed by atoms with van der Waals surface area (Å²) in [6, 6.07) is 12.0. The van der Waals surface area contributed by atoms with E-state index >= 15 is 0 Å². The van der Waals surface area contributed by atoms with Crippen molar-refractivity contribution in [3.05, 3.63) is 59.8 Å². The van der Waals surface area contributed by atoms with E-state index < -0.39 is 5.79 Å². The van der Waals surface area contributed by atoms with Gasteiger partial charge in [-0.05, 0) is 55.5 Å². The molecule has 4 heterocycles. The van der Waals surface area contributed by atoms with Gasteiger partial charge in [0.2, 0.25) is 5.88 Å². The molecule has 0 radical (unpaired) electrons. The van der Waals surface area contributed by atoms with E-state index in [2.05, 4.69) is 31.9 Å². The first-order chi connectivity index (χ1) is 16.2. The highest BCUT2D eigenvalue weighted by Gasteiger charge is 2.43. The summed E-state index contributed by atoms with van der Waals surface area (Å²) >= 11 is 0. The van der Waals surface area contributed by atoms with E-state index in [1.54, 1.807) is 13.3 Å². The summed E-state index contributed by atoms with van der Waals surface area (Å²) in [5.74, 6) is 3.07. The third-order valence-corrected chi connectivity index (χ3v) is 6.95. The Morgan fingerprint density at radius 3 is 2.61 bits per heavy atom. The van der Waals surface area contributed by atoms with Crippen molar-refractivity contribution in [1.82, 2.24) is 19.7 Å². The summed E-state index contributed by atoms with van der Waals surface area (Å²) in [5.41, 5.74) is 2.22. The van der Waals surface area contributed by atoms with Crippen LogP contribution in [0, 0.1) is 0 Å². The maximum atomic E-state index is 6.11. The van der Waals surface area contributed by atoms with Gasteiger partial charge in [0.25, 0.3) is 0 Å². The monoisotopic (exact) mass is 448 g/mol. The lowest BCUT2D eigenvalue weighted by Gasteiger charge is -2.28. The quantitative estimate of drug-likeness (QED) is 0.603. The van der Waals surface area contributed by atoms with E-state index in [9.17, 15) is 0 Å². The Balaban J connectivity index is 1.29. The number of pyridine rings is 1. The number of hydrogen-bond acceptors (Lipinski definition) is 7. The molecule has 0 amide bonds. The van der Waals surface area contributed by atoms with Gasteiger partial charge in [0.1, 0.15) is 23.5 Å². The van der Waals surface area contributed by atoms with Gasteiger partial charge in [0, 0.05) is 24.6 Å². The molecule has 1 saturated carbocycles. The molecule has 1 saturated heterocycles. The predicted octanol–water partition coefficient (Wildman–Crippen LogP) is 3.62. The van der Waals surface area contributed by atoms with Crippen molar-refractivity contribution in [3.8, 4) is 17.3 Å². The molecular formula is C25H28N4O4. The minimum atomic E-state index is -0.687. The first kappa shape index (κ1) is 20.6. The molecule has 1 aromatic carbocycles. The Bertz CT molecular complexity index is 1120. The summed E-state index contributed by atoms with van der Waals surface area (Å²) < 4.78 is 26.1. The fourth-order valence-corrected chi connectivity index (χ4v) is 5.34. The zero-order chi connectivity index (χ0) is 22.3. The van der Waals surface area contributed by atoms with Crippen LogP contribution in [0.25, 0.3) is 5.69 Å². The maximum Gasteiger partial charge on any atom is 0.213 e. The lowest BCUT2D eigenvalue weighted by molar-refractivity contribution is -0.155. The zero-order valence-corrected chi connectivity index (χ0v) is 18.8. The molecule has 8 heteroatoms. The first-order valence-corrected chi connectivity index (χ1v) is 11.7. The Morgan fingerprint density at radius 2 is 1.85 bits per heavy atom. The number of fused-ring (bicyclic) bond motifs is 3. The van der Waals surface area contributed by atoms with E-state index in [1.807, 2.05) is 24.3 Å². The number of nitrogens with zero attached hydrogens (tertiary/aromatic N) is 4. The van der Waals surface area contributed by atoms with Crippen LogP contribution in [-0.4, -0.2) is 52.0 Å². The molecule has 6 rings (SSSR count). The van der Waals surface area contributed by atoms with Crippen molar-refractivity contribution in [1.29, 1.82) is 0 Å². The van der Waals surface area contributed by atoms with E-state index in [1.165, 1.54) is 0 Å². The molecule has 3 aliphatic rings. The van der Waals surface area contributed by atoms with Crippen LogP contribution >= 0.6 is 0 Å². The van der Waals surface area contributed by atoms with E-state index in [4.69, 9.17) is 18.9 Å². The Labute approximate surface area is 192 Å². The molecule has 172 valence electrons. The number of methoxy groups -OCH3 is 1.